The standard InChI is InChI=1S/C24H20FN3OS/c1-16-14-20(24(30-16)28-23(29)17-8-3-2-4-9-17)22(18-10-7-11-19(25)15-18)27-21-12-5-6-13-26-21/h2-15,22H,1H3,(H,26,27)(H,28,29)/t22-/m1/s1. The number of rotatable bonds is 6. The zero-order chi connectivity index (χ0) is 20.9. The van der Waals surface area contributed by atoms with Crippen LogP contribution in [0.15, 0.2) is 85.1 Å². The average molecular weight is 418 g/mol. The van der Waals surface area contributed by atoms with Gasteiger partial charge in [-0.1, -0.05) is 36.4 Å². The summed E-state index contributed by atoms with van der Waals surface area (Å²) < 4.78 is 14.0. The summed E-state index contributed by atoms with van der Waals surface area (Å²) in [6.07, 6.45) is 1.70. The van der Waals surface area contributed by atoms with Gasteiger partial charge in [0.1, 0.15) is 16.6 Å². The molecule has 1 amide bonds. The lowest BCUT2D eigenvalue weighted by Crippen LogP contribution is -2.17. The molecule has 2 heterocycles. The topological polar surface area (TPSA) is 54.0 Å². The summed E-state index contributed by atoms with van der Waals surface area (Å²) in [6.45, 7) is 1.98. The monoisotopic (exact) mass is 417 g/mol. The molecular formula is C24H20FN3OS. The van der Waals surface area contributed by atoms with E-state index in [0.29, 0.717) is 11.4 Å². The van der Waals surface area contributed by atoms with E-state index in [1.165, 1.54) is 23.5 Å². The lowest BCUT2D eigenvalue weighted by atomic mass is 9.99. The number of nitrogens with one attached hydrogen (secondary N) is 2. The molecule has 0 aliphatic rings. The van der Waals surface area contributed by atoms with Crippen LogP contribution in [-0.2, 0) is 0 Å². The van der Waals surface area contributed by atoms with Crippen molar-refractivity contribution in [2.24, 2.45) is 0 Å². The maximum absolute atomic E-state index is 14.0. The molecule has 150 valence electrons. The summed E-state index contributed by atoms with van der Waals surface area (Å²) in [4.78, 5) is 18.1. The molecule has 0 saturated heterocycles. The van der Waals surface area contributed by atoms with Gasteiger partial charge in [-0.15, -0.1) is 11.3 Å². The number of hydrogen-bond donors (Lipinski definition) is 2. The molecule has 2 N–H and O–H groups in total. The molecule has 0 saturated carbocycles. The number of halogens is 1. The Hall–Kier alpha value is -3.51. The van der Waals surface area contributed by atoms with E-state index in [1.54, 1.807) is 24.4 Å². The first-order chi connectivity index (χ1) is 14.6. The molecule has 0 radical (unpaired) electrons. The van der Waals surface area contributed by atoms with Crippen LogP contribution in [0.2, 0.25) is 0 Å². The van der Waals surface area contributed by atoms with Gasteiger partial charge in [0.15, 0.2) is 0 Å². The SMILES string of the molecule is Cc1cc([C@H](Nc2ccccn2)c2cccc(F)c2)c(NC(=O)c2ccccc2)s1. The number of thiophene rings is 1. The molecule has 4 aromatic rings. The van der Waals surface area contributed by atoms with Crippen molar-refractivity contribution in [1.82, 2.24) is 4.98 Å². The molecule has 1 atom stereocenters. The van der Waals surface area contributed by atoms with Crippen LogP contribution in [0.4, 0.5) is 15.2 Å². The van der Waals surface area contributed by atoms with Gasteiger partial charge in [-0.2, -0.15) is 0 Å². The Balaban J connectivity index is 1.72. The fourth-order valence-electron chi connectivity index (χ4n) is 3.23. The lowest BCUT2D eigenvalue weighted by molar-refractivity contribution is 0.102. The molecule has 0 spiro atoms. The molecular weight excluding hydrogens is 397 g/mol. The van der Waals surface area contributed by atoms with Crippen LogP contribution >= 0.6 is 11.3 Å². The second-order valence-electron chi connectivity index (χ2n) is 6.81. The van der Waals surface area contributed by atoms with Crippen molar-refractivity contribution in [3.8, 4) is 0 Å². The Bertz CT molecular complexity index is 1150. The Labute approximate surface area is 178 Å². The van der Waals surface area contributed by atoms with Crippen molar-refractivity contribution in [2.45, 2.75) is 13.0 Å². The summed E-state index contributed by atoms with van der Waals surface area (Å²) in [5.74, 6) is 0.160. The second-order valence-corrected chi connectivity index (χ2v) is 8.07. The van der Waals surface area contributed by atoms with Crippen molar-refractivity contribution in [1.29, 1.82) is 0 Å². The van der Waals surface area contributed by atoms with E-state index in [9.17, 15) is 9.18 Å². The fourth-order valence-corrected chi connectivity index (χ4v) is 4.18. The van der Waals surface area contributed by atoms with Gasteiger partial charge < -0.3 is 10.6 Å². The largest absolute Gasteiger partial charge is 0.359 e. The van der Waals surface area contributed by atoms with E-state index in [-0.39, 0.29) is 17.8 Å². The summed E-state index contributed by atoms with van der Waals surface area (Å²) in [5.41, 5.74) is 2.18. The van der Waals surface area contributed by atoms with Crippen LogP contribution in [0.3, 0.4) is 0 Å². The summed E-state index contributed by atoms with van der Waals surface area (Å²) in [5, 5.41) is 7.13. The van der Waals surface area contributed by atoms with Gasteiger partial charge >= 0.3 is 0 Å². The summed E-state index contributed by atoms with van der Waals surface area (Å²) in [6, 6.07) is 22.7. The number of benzene rings is 2. The maximum atomic E-state index is 14.0. The van der Waals surface area contributed by atoms with E-state index in [1.807, 2.05) is 55.5 Å². The minimum absolute atomic E-state index is 0.186. The zero-order valence-corrected chi connectivity index (χ0v) is 17.1. The van der Waals surface area contributed by atoms with Crippen LogP contribution in [0, 0.1) is 12.7 Å². The molecule has 4 nitrogen and oxygen atoms in total. The minimum atomic E-state index is -0.383. The van der Waals surface area contributed by atoms with Crippen LogP contribution in [-0.4, -0.2) is 10.9 Å². The first kappa shape index (κ1) is 19.8. The van der Waals surface area contributed by atoms with Crippen LogP contribution in [0.1, 0.15) is 32.4 Å². The Kier molecular flexibility index (Phi) is 5.86. The highest BCUT2D eigenvalue weighted by molar-refractivity contribution is 7.16. The number of nitrogens with zero attached hydrogens (tertiary/aromatic N) is 1. The van der Waals surface area contributed by atoms with Gasteiger partial charge in [-0.25, -0.2) is 9.37 Å². The van der Waals surface area contributed by atoms with Crippen molar-refractivity contribution in [2.75, 3.05) is 10.6 Å². The maximum Gasteiger partial charge on any atom is 0.256 e. The number of amides is 1. The van der Waals surface area contributed by atoms with Gasteiger partial charge in [0.25, 0.3) is 5.91 Å². The zero-order valence-electron chi connectivity index (χ0n) is 16.3. The van der Waals surface area contributed by atoms with E-state index in [0.717, 1.165) is 21.0 Å². The van der Waals surface area contributed by atoms with Crippen LogP contribution in [0.5, 0.6) is 0 Å². The third-order valence-corrected chi connectivity index (χ3v) is 5.58. The Morgan fingerprint density at radius 3 is 2.53 bits per heavy atom. The molecule has 0 fully saturated rings. The number of carbonyl (C=O) groups excluding carboxylic acids is 1. The summed E-state index contributed by atoms with van der Waals surface area (Å²) in [7, 11) is 0. The minimum Gasteiger partial charge on any atom is -0.359 e. The molecule has 0 aliphatic heterocycles. The van der Waals surface area contributed by atoms with E-state index in [2.05, 4.69) is 15.6 Å². The van der Waals surface area contributed by atoms with E-state index >= 15 is 0 Å². The van der Waals surface area contributed by atoms with Crippen LogP contribution < -0.4 is 10.6 Å². The smallest absolute Gasteiger partial charge is 0.256 e. The predicted octanol–water partition coefficient (Wildman–Crippen LogP) is 6.04. The Morgan fingerprint density at radius 2 is 1.80 bits per heavy atom. The molecule has 4 rings (SSSR count). The van der Waals surface area contributed by atoms with Gasteiger partial charge in [0.05, 0.1) is 6.04 Å². The number of aromatic nitrogens is 1. The van der Waals surface area contributed by atoms with Crippen molar-refractivity contribution < 1.29 is 9.18 Å². The molecule has 2 aromatic heterocycles. The highest BCUT2D eigenvalue weighted by Gasteiger charge is 2.22. The van der Waals surface area contributed by atoms with Gasteiger partial charge in [-0.05, 0) is 55.0 Å². The third kappa shape index (κ3) is 4.55. The quantitative estimate of drug-likeness (QED) is 0.402. The number of pyridine rings is 1. The third-order valence-electron chi connectivity index (χ3n) is 4.60. The number of carbonyl (C=O) groups is 1. The van der Waals surface area contributed by atoms with Gasteiger partial charge in [0, 0.05) is 22.2 Å². The van der Waals surface area contributed by atoms with Crippen molar-refractivity contribution in [3.05, 3.63) is 112 Å². The highest BCUT2D eigenvalue weighted by atomic mass is 32.1. The molecule has 0 aliphatic carbocycles. The van der Waals surface area contributed by atoms with Gasteiger partial charge in [0.2, 0.25) is 0 Å². The molecule has 0 bridgehead atoms. The predicted molar refractivity (Wildman–Crippen MR) is 120 cm³/mol. The normalized spacial score (nSPS) is 11.7. The second kappa shape index (κ2) is 8.88. The molecule has 6 heteroatoms. The summed E-state index contributed by atoms with van der Waals surface area (Å²) >= 11 is 1.49. The van der Waals surface area contributed by atoms with E-state index < -0.39 is 0 Å². The number of anilines is 2. The number of hydrogen-bond acceptors (Lipinski definition) is 4. The molecule has 0 unspecified atom stereocenters. The number of aryl methyl sites for hydroxylation is 1. The molecule has 30 heavy (non-hydrogen) atoms. The lowest BCUT2D eigenvalue weighted by Gasteiger charge is -2.21. The molecule has 2 aromatic carbocycles. The average Bonchev–Trinajstić information content (AvgIpc) is 3.13. The van der Waals surface area contributed by atoms with E-state index in [4.69, 9.17) is 0 Å². The van der Waals surface area contributed by atoms with Gasteiger partial charge in [-0.3, -0.25) is 4.79 Å². The van der Waals surface area contributed by atoms with Crippen molar-refractivity contribution in [3.63, 3.8) is 0 Å². The highest BCUT2D eigenvalue weighted by Crippen LogP contribution is 2.37. The fraction of sp³-hybridized carbons (Fsp3) is 0.0833. The first-order valence-corrected chi connectivity index (χ1v) is 10.3. The first-order valence-electron chi connectivity index (χ1n) is 9.50. The Morgan fingerprint density at radius 1 is 1.00 bits per heavy atom. The van der Waals surface area contributed by atoms with Crippen LogP contribution in [0.25, 0.3) is 0 Å². The van der Waals surface area contributed by atoms with Crippen molar-refractivity contribution >= 4 is 28.1 Å².